The predicted octanol–water partition coefficient (Wildman–Crippen LogP) is 0.682. The first kappa shape index (κ1) is 8.49. The van der Waals surface area contributed by atoms with Gasteiger partial charge in [0.25, 0.3) is 0 Å². The minimum atomic E-state index is 0.0861. The average molecular weight is 173 g/mol. The Hall–Kier alpha value is -0.610. The third kappa shape index (κ3) is 2.48. The maximum absolute atomic E-state index is 10.9. The van der Waals surface area contributed by atoms with Crippen molar-refractivity contribution in [2.75, 3.05) is 6.61 Å². The number of aliphatic hydroxyl groups excluding tert-OH is 1. The predicted molar refractivity (Wildman–Crippen MR) is 44.9 cm³/mol. The molecule has 0 unspecified atom stereocenters. The molecule has 0 spiro atoms. The van der Waals surface area contributed by atoms with Gasteiger partial charge in [-0.15, -0.1) is 0 Å². The normalized spacial score (nSPS) is 10.3. The van der Waals surface area contributed by atoms with Crippen LogP contribution < -0.4 is 4.87 Å². The topological polar surface area (TPSA) is 42.2 Å². The second-order valence-corrected chi connectivity index (χ2v) is 3.15. The number of rotatable bonds is 4. The summed E-state index contributed by atoms with van der Waals surface area (Å²) in [7, 11) is 0. The average Bonchev–Trinajstić information content (AvgIpc) is 2.37. The van der Waals surface area contributed by atoms with Crippen LogP contribution >= 0.6 is 11.3 Å². The summed E-state index contributed by atoms with van der Waals surface area (Å²) in [5, 5.41) is 10.3. The van der Waals surface area contributed by atoms with E-state index in [1.165, 1.54) is 11.3 Å². The molecule has 0 aliphatic heterocycles. The van der Waals surface area contributed by atoms with Crippen LogP contribution in [0, 0.1) is 0 Å². The summed E-state index contributed by atoms with van der Waals surface area (Å²) < 4.78 is 1.67. The first-order chi connectivity index (χ1) is 5.34. The molecule has 1 rings (SSSR count). The zero-order valence-electron chi connectivity index (χ0n) is 6.19. The molecule has 0 bridgehead atoms. The Balaban J connectivity index is 2.39. The highest BCUT2D eigenvalue weighted by Crippen LogP contribution is 1.94. The van der Waals surface area contributed by atoms with Crippen LogP contribution in [0.4, 0.5) is 0 Å². The smallest absolute Gasteiger partial charge is 0.307 e. The molecule has 1 N–H and O–H groups in total. The summed E-state index contributed by atoms with van der Waals surface area (Å²) in [5.74, 6) is 0. The molecule has 0 radical (unpaired) electrons. The molecule has 1 aromatic rings. The zero-order valence-corrected chi connectivity index (χ0v) is 7.01. The molecule has 0 aromatic carbocycles. The van der Waals surface area contributed by atoms with Gasteiger partial charge in [-0.3, -0.25) is 4.79 Å². The van der Waals surface area contributed by atoms with Gasteiger partial charge in [0.2, 0.25) is 0 Å². The Morgan fingerprint density at radius 3 is 2.91 bits per heavy atom. The van der Waals surface area contributed by atoms with E-state index in [1.54, 1.807) is 16.1 Å². The third-order valence-electron chi connectivity index (χ3n) is 1.45. The number of aliphatic hydroxyl groups is 1. The highest BCUT2D eigenvalue weighted by molar-refractivity contribution is 7.07. The highest BCUT2D eigenvalue weighted by Gasteiger charge is 1.94. The molecule has 4 heteroatoms. The van der Waals surface area contributed by atoms with Crippen molar-refractivity contribution in [1.82, 2.24) is 4.57 Å². The summed E-state index contributed by atoms with van der Waals surface area (Å²) >= 11 is 1.21. The van der Waals surface area contributed by atoms with Gasteiger partial charge >= 0.3 is 4.87 Å². The van der Waals surface area contributed by atoms with Crippen molar-refractivity contribution in [2.45, 2.75) is 19.4 Å². The molecule has 11 heavy (non-hydrogen) atoms. The lowest BCUT2D eigenvalue weighted by atomic mass is 10.3. The lowest BCUT2D eigenvalue weighted by molar-refractivity contribution is 0.281. The Labute approximate surface area is 68.9 Å². The molecule has 0 saturated heterocycles. The van der Waals surface area contributed by atoms with Crippen molar-refractivity contribution in [3.63, 3.8) is 0 Å². The molecule has 0 aliphatic carbocycles. The third-order valence-corrected chi connectivity index (χ3v) is 2.15. The van der Waals surface area contributed by atoms with Crippen LogP contribution in [0.15, 0.2) is 16.4 Å². The maximum Gasteiger partial charge on any atom is 0.307 e. The highest BCUT2D eigenvalue weighted by atomic mass is 32.1. The van der Waals surface area contributed by atoms with E-state index in [4.69, 9.17) is 5.11 Å². The van der Waals surface area contributed by atoms with E-state index < -0.39 is 0 Å². The Morgan fingerprint density at radius 2 is 2.36 bits per heavy atom. The van der Waals surface area contributed by atoms with Gasteiger partial charge < -0.3 is 9.67 Å². The summed E-state index contributed by atoms with van der Waals surface area (Å²) in [4.78, 5) is 11.0. The number of aromatic nitrogens is 1. The van der Waals surface area contributed by atoms with E-state index >= 15 is 0 Å². The fraction of sp³-hybridized carbons (Fsp3) is 0.571. The van der Waals surface area contributed by atoms with Crippen LogP contribution in [-0.2, 0) is 6.54 Å². The van der Waals surface area contributed by atoms with E-state index in [0.717, 1.165) is 19.4 Å². The van der Waals surface area contributed by atoms with E-state index in [-0.39, 0.29) is 11.5 Å². The maximum atomic E-state index is 10.9. The molecule has 1 heterocycles. The van der Waals surface area contributed by atoms with Crippen LogP contribution in [0.5, 0.6) is 0 Å². The number of unbranched alkanes of at least 4 members (excludes halogenated alkanes) is 1. The van der Waals surface area contributed by atoms with Gasteiger partial charge in [0.15, 0.2) is 0 Å². The van der Waals surface area contributed by atoms with Gasteiger partial charge in [-0.2, -0.15) is 0 Å². The van der Waals surface area contributed by atoms with Gasteiger partial charge in [0.05, 0.1) is 0 Å². The largest absolute Gasteiger partial charge is 0.396 e. The Morgan fingerprint density at radius 1 is 1.55 bits per heavy atom. The summed E-state index contributed by atoms with van der Waals surface area (Å²) in [6.07, 6.45) is 3.42. The molecule has 0 fully saturated rings. The number of hydrogen-bond acceptors (Lipinski definition) is 3. The number of hydrogen-bond donors (Lipinski definition) is 1. The summed E-state index contributed by atoms with van der Waals surface area (Å²) in [6, 6.07) is 0. The fourth-order valence-corrected chi connectivity index (χ4v) is 1.46. The molecule has 62 valence electrons. The molecule has 3 nitrogen and oxygen atoms in total. The van der Waals surface area contributed by atoms with Crippen molar-refractivity contribution >= 4 is 11.3 Å². The van der Waals surface area contributed by atoms with Crippen LogP contribution in [0.25, 0.3) is 0 Å². The standard InChI is InChI=1S/C7H11NO2S/c9-5-2-1-3-8-4-6-11-7(8)10/h4,6,9H,1-3,5H2. The Bertz CT molecular complexity index is 253. The van der Waals surface area contributed by atoms with Crippen molar-refractivity contribution in [3.8, 4) is 0 Å². The van der Waals surface area contributed by atoms with Crippen LogP contribution in [0.2, 0.25) is 0 Å². The van der Waals surface area contributed by atoms with Crippen molar-refractivity contribution in [3.05, 3.63) is 21.2 Å². The van der Waals surface area contributed by atoms with Gasteiger partial charge in [0.1, 0.15) is 0 Å². The van der Waals surface area contributed by atoms with Crippen molar-refractivity contribution < 1.29 is 5.11 Å². The van der Waals surface area contributed by atoms with Gasteiger partial charge in [-0.25, -0.2) is 0 Å². The second-order valence-electron chi connectivity index (χ2n) is 2.29. The lowest BCUT2D eigenvalue weighted by Gasteiger charge is -1.97. The Kier molecular flexibility index (Phi) is 3.32. The summed E-state index contributed by atoms with van der Waals surface area (Å²) in [6.45, 7) is 0.932. The minimum absolute atomic E-state index is 0.0861. The van der Waals surface area contributed by atoms with E-state index in [0.29, 0.717) is 0 Å². The first-order valence-electron chi connectivity index (χ1n) is 3.59. The minimum Gasteiger partial charge on any atom is -0.396 e. The van der Waals surface area contributed by atoms with E-state index in [9.17, 15) is 4.79 Å². The second kappa shape index (κ2) is 4.31. The quantitative estimate of drug-likeness (QED) is 0.680. The number of aryl methyl sites for hydroxylation is 1. The van der Waals surface area contributed by atoms with Crippen molar-refractivity contribution in [2.24, 2.45) is 0 Å². The molecular formula is C7H11NO2S. The monoisotopic (exact) mass is 173 g/mol. The lowest BCUT2D eigenvalue weighted by Crippen LogP contribution is -2.11. The van der Waals surface area contributed by atoms with Gasteiger partial charge in [0, 0.05) is 24.7 Å². The summed E-state index contributed by atoms with van der Waals surface area (Å²) in [5.41, 5.74) is 0. The fourth-order valence-electron chi connectivity index (χ4n) is 0.850. The zero-order chi connectivity index (χ0) is 8.10. The molecule has 0 aliphatic rings. The van der Waals surface area contributed by atoms with Gasteiger partial charge in [-0.1, -0.05) is 11.3 Å². The van der Waals surface area contributed by atoms with Crippen LogP contribution in [0.1, 0.15) is 12.8 Å². The molecule has 1 aromatic heterocycles. The van der Waals surface area contributed by atoms with E-state index in [1.807, 2.05) is 0 Å². The van der Waals surface area contributed by atoms with Crippen LogP contribution in [-0.4, -0.2) is 16.3 Å². The van der Waals surface area contributed by atoms with Crippen LogP contribution in [0.3, 0.4) is 0 Å². The molecule has 0 atom stereocenters. The molecular weight excluding hydrogens is 162 g/mol. The van der Waals surface area contributed by atoms with E-state index in [2.05, 4.69) is 0 Å². The molecule has 0 saturated carbocycles. The molecule has 0 amide bonds. The SMILES string of the molecule is O=c1sccn1CCCCO. The van der Waals surface area contributed by atoms with Crippen molar-refractivity contribution in [1.29, 1.82) is 0 Å². The number of thiazole rings is 1. The van der Waals surface area contributed by atoms with Gasteiger partial charge in [-0.05, 0) is 12.8 Å². The number of nitrogens with zero attached hydrogens (tertiary/aromatic N) is 1. The first-order valence-corrected chi connectivity index (χ1v) is 4.47.